The van der Waals surface area contributed by atoms with Gasteiger partial charge in [-0.1, -0.05) is 40.2 Å². The van der Waals surface area contributed by atoms with Crippen molar-refractivity contribution in [3.05, 3.63) is 63.6 Å². The van der Waals surface area contributed by atoms with E-state index < -0.39 is 0 Å². The highest BCUT2D eigenvalue weighted by atomic mass is 79.9. The molecule has 0 fully saturated rings. The fourth-order valence-corrected chi connectivity index (χ4v) is 4.08. The van der Waals surface area contributed by atoms with E-state index in [0.29, 0.717) is 17.9 Å². The van der Waals surface area contributed by atoms with Crippen LogP contribution in [0.1, 0.15) is 46.7 Å². The summed E-state index contributed by atoms with van der Waals surface area (Å²) >= 11 is 3.42. The second-order valence-electron chi connectivity index (χ2n) is 6.12. The Kier molecular flexibility index (Phi) is 3.53. The maximum atomic E-state index is 12.5. The van der Waals surface area contributed by atoms with Gasteiger partial charge in [0, 0.05) is 16.8 Å². The molecule has 0 bridgehead atoms. The second-order valence-corrected chi connectivity index (χ2v) is 7.04. The third-order valence-corrected chi connectivity index (χ3v) is 5.26. The number of hydrogen-bond donors (Lipinski definition) is 0. The minimum absolute atomic E-state index is 0.0392. The van der Waals surface area contributed by atoms with Gasteiger partial charge >= 0.3 is 0 Å². The Morgan fingerprint density at radius 3 is 2.91 bits per heavy atom. The number of ketones is 1. The number of carbonyl (C=O) groups is 1. The van der Waals surface area contributed by atoms with Gasteiger partial charge in [-0.2, -0.15) is 0 Å². The lowest BCUT2D eigenvalue weighted by Gasteiger charge is -2.35. The van der Waals surface area contributed by atoms with Crippen molar-refractivity contribution in [1.29, 1.82) is 0 Å². The molecule has 112 valence electrons. The summed E-state index contributed by atoms with van der Waals surface area (Å²) in [5.41, 5.74) is 3.48. The van der Waals surface area contributed by atoms with E-state index in [0.717, 1.165) is 23.1 Å². The third kappa shape index (κ3) is 2.38. The van der Waals surface area contributed by atoms with Gasteiger partial charge in [0.1, 0.15) is 11.9 Å². The van der Waals surface area contributed by atoms with Crippen LogP contribution in [0.3, 0.4) is 0 Å². The van der Waals surface area contributed by atoms with E-state index in [4.69, 9.17) is 4.74 Å². The first kappa shape index (κ1) is 14.0. The number of benzene rings is 2. The maximum absolute atomic E-state index is 12.5. The first-order valence-corrected chi connectivity index (χ1v) is 8.59. The van der Waals surface area contributed by atoms with Gasteiger partial charge in [-0.25, -0.2) is 0 Å². The van der Waals surface area contributed by atoms with Crippen molar-refractivity contribution in [3.8, 4) is 5.75 Å². The van der Waals surface area contributed by atoms with Gasteiger partial charge in [0.25, 0.3) is 0 Å². The quantitative estimate of drug-likeness (QED) is 0.725. The number of Topliss-reactive ketones (excluding diaryl/α,β-unsaturated/α-hetero) is 1. The highest BCUT2D eigenvalue weighted by molar-refractivity contribution is 9.10. The minimum Gasteiger partial charge on any atom is -0.489 e. The van der Waals surface area contributed by atoms with Crippen molar-refractivity contribution in [1.82, 2.24) is 0 Å². The number of halogens is 1. The average Bonchev–Trinajstić information content (AvgIpc) is 2.55. The van der Waals surface area contributed by atoms with Crippen molar-refractivity contribution < 1.29 is 9.53 Å². The molecular formula is C19H17BrO2. The number of hydrogen-bond acceptors (Lipinski definition) is 2. The molecule has 3 heteroatoms. The van der Waals surface area contributed by atoms with E-state index in [1.54, 1.807) is 0 Å². The summed E-state index contributed by atoms with van der Waals surface area (Å²) in [7, 11) is 0. The zero-order valence-electron chi connectivity index (χ0n) is 12.2. The molecule has 2 aromatic carbocycles. The molecule has 22 heavy (non-hydrogen) atoms. The average molecular weight is 357 g/mol. The van der Waals surface area contributed by atoms with E-state index in [-0.39, 0.29) is 11.9 Å². The van der Waals surface area contributed by atoms with Gasteiger partial charge < -0.3 is 4.74 Å². The molecule has 1 aliphatic heterocycles. The Morgan fingerprint density at radius 2 is 2.00 bits per heavy atom. The molecule has 0 radical (unpaired) electrons. The maximum Gasteiger partial charge on any atom is 0.170 e. The van der Waals surface area contributed by atoms with Crippen LogP contribution >= 0.6 is 15.9 Å². The summed E-state index contributed by atoms with van der Waals surface area (Å²) in [6, 6.07) is 14.3. The van der Waals surface area contributed by atoms with Crippen LogP contribution in [0, 0.1) is 0 Å². The summed E-state index contributed by atoms with van der Waals surface area (Å²) in [5.74, 6) is 1.24. The van der Waals surface area contributed by atoms with Crippen molar-refractivity contribution in [2.75, 3.05) is 0 Å². The lowest BCUT2D eigenvalue weighted by Crippen LogP contribution is -2.34. The molecule has 2 nitrogen and oxygen atoms in total. The molecule has 2 unspecified atom stereocenters. The van der Waals surface area contributed by atoms with Crippen LogP contribution in [-0.4, -0.2) is 11.9 Å². The zero-order valence-corrected chi connectivity index (χ0v) is 13.8. The standard InChI is InChI=1S/C19H17BrO2/c20-13-8-9-18-16(10-13)17(21)11-19(22-18)15-7-3-5-12-4-1-2-6-14(12)15/h1-2,4,6,8-10,15,19H,3,5,7,11H2. The molecule has 0 saturated heterocycles. The van der Waals surface area contributed by atoms with E-state index in [1.807, 2.05) is 18.2 Å². The molecule has 1 heterocycles. The highest BCUT2D eigenvalue weighted by Crippen LogP contribution is 2.40. The molecule has 0 aromatic heterocycles. The fraction of sp³-hybridized carbons (Fsp3) is 0.316. The van der Waals surface area contributed by atoms with Crippen molar-refractivity contribution in [3.63, 3.8) is 0 Å². The molecule has 0 amide bonds. The van der Waals surface area contributed by atoms with Crippen LogP contribution in [0.25, 0.3) is 0 Å². The van der Waals surface area contributed by atoms with Crippen LogP contribution < -0.4 is 4.74 Å². The molecule has 2 aromatic rings. The van der Waals surface area contributed by atoms with Gasteiger partial charge in [0.2, 0.25) is 0 Å². The first-order chi connectivity index (χ1) is 10.7. The van der Waals surface area contributed by atoms with Crippen molar-refractivity contribution >= 4 is 21.7 Å². The van der Waals surface area contributed by atoms with Gasteiger partial charge in [-0.15, -0.1) is 0 Å². The van der Waals surface area contributed by atoms with Crippen molar-refractivity contribution in [2.24, 2.45) is 0 Å². The molecule has 2 aliphatic rings. The predicted octanol–water partition coefficient (Wildman–Crippen LogP) is 4.90. The number of carbonyl (C=O) groups excluding carboxylic acids is 1. The molecule has 0 spiro atoms. The zero-order chi connectivity index (χ0) is 15.1. The van der Waals surface area contributed by atoms with Crippen LogP contribution in [0.2, 0.25) is 0 Å². The normalized spacial score (nSPS) is 23.4. The molecule has 0 N–H and O–H groups in total. The largest absolute Gasteiger partial charge is 0.489 e. The number of fused-ring (bicyclic) bond motifs is 2. The van der Waals surface area contributed by atoms with Gasteiger partial charge in [-0.3, -0.25) is 4.79 Å². The SMILES string of the molecule is O=C1CC(C2CCCc3ccccc32)Oc2ccc(Br)cc21. The molecule has 4 rings (SSSR count). The summed E-state index contributed by atoms with van der Waals surface area (Å²) in [5, 5.41) is 0. The summed E-state index contributed by atoms with van der Waals surface area (Å²) in [6.45, 7) is 0. The van der Waals surface area contributed by atoms with Crippen LogP contribution in [0.15, 0.2) is 46.9 Å². The monoisotopic (exact) mass is 356 g/mol. The Labute approximate surface area is 138 Å². The highest BCUT2D eigenvalue weighted by Gasteiger charge is 2.35. The molecule has 2 atom stereocenters. The lowest BCUT2D eigenvalue weighted by molar-refractivity contribution is 0.0794. The fourth-order valence-electron chi connectivity index (χ4n) is 3.72. The van der Waals surface area contributed by atoms with Crippen molar-refractivity contribution in [2.45, 2.75) is 37.7 Å². The van der Waals surface area contributed by atoms with E-state index in [1.165, 1.54) is 17.5 Å². The third-order valence-electron chi connectivity index (χ3n) is 4.77. The topological polar surface area (TPSA) is 26.3 Å². The number of rotatable bonds is 1. The first-order valence-electron chi connectivity index (χ1n) is 7.79. The Balaban J connectivity index is 1.68. The van der Waals surface area contributed by atoms with E-state index in [9.17, 15) is 4.79 Å². The Morgan fingerprint density at radius 1 is 1.14 bits per heavy atom. The van der Waals surface area contributed by atoms with E-state index >= 15 is 0 Å². The number of aryl methyl sites for hydroxylation is 1. The summed E-state index contributed by atoms with van der Waals surface area (Å²) in [4.78, 5) is 12.5. The lowest BCUT2D eigenvalue weighted by atomic mass is 9.77. The Hall–Kier alpha value is -1.61. The summed E-state index contributed by atoms with van der Waals surface area (Å²) in [6.07, 6.45) is 3.84. The number of ether oxygens (including phenoxy) is 1. The molecule has 0 saturated carbocycles. The summed E-state index contributed by atoms with van der Waals surface area (Å²) < 4.78 is 7.13. The predicted molar refractivity (Wildman–Crippen MR) is 89.6 cm³/mol. The van der Waals surface area contributed by atoms with Gasteiger partial charge in [-0.05, 0) is 48.6 Å². The minimum atomic E-state index is -0.0392. The molecule has 1 aliphatic carbocycles. The van der Waals surface area contributed by atoms with Gasteiger partial charge in [0.15, 0.2) is 5.78 Å². The van der Waals surface area contributed by atoms with E-state index in [2.05, 4.69) is 40.2 Å². The smallest absolute Gasteiger partial charge is 0.170 e. The Bertz CT molecular complexity index is 738. The molecular weight excluding hydrogens is 340 g/mol. The van der Waals surface area contributed by atoms with Crippen LogP contribution in [0.4, 0.5) is 0 Å². The van der Waals surface area contributed by atoms with Crippen LogP contribution in [0.5, 0.6) is 5.75 Å². The second kappa shape index (κ2) is 5.54. The van der Waals surface area contributed by atoms with Crippen LogP contribution in [-0.2, 0) is 6.42 Å². The van der Waals surface area contributed by atoms with Gasteiger partial charge in [0.05, 0.1) is 5.56 Å².